The summed E-state index contributed by atoms with van der Waals surface area (Å²) in [5.41, 5.74) is 4.28. The Hall–Kier alpha value is -2.68. The van der Waals surface area contributed by atoms with Crippen LogP contribution in [0.25, 0.3) is 10.9 Å². The van der Waals surface area contributed by atoms with Crippen LogP contribution in [0.3, 0.4) is 0 Å². The largest absolute Gasteiger partial charge is 0.379 e. The predicted molar refractivity (Wildman–Crippen MR) is 115 cm³/mol. The molecular formula is C22H25N3O4S. The minimum atomic E-state index is -3.64. The fourth-order valence-electron chi connectivity index (χ4n) is 3.71. The molecule has 0 spiro atoms. The Balaban J connectivity index is 1.54. The number of hydrogen-bond donors (Lipinski definition) is 2. The Bertz CT molecular complexity index is 1190. The molecule has 0 bridgehead atoms. The molecule has 3 aromatic rings. The van der Waals surface area contributed by atoms with Crippen molar-refractivity contribution in [3.63, 3.8) is 0 Å². The summed E-state index contributed by atoms with van der Waals surface area (Å²) < 4.78 is 32.8. The topological polar surface area (TPSA) is 91.5 Å². The lowest BCUT2D eigenvalue weighted by Crippen LogP contribution is -2.41. The Morgan fingerprint density at radius 2 is 1.87 bits per heavy atom. The van der Waals surface area contributed by atoms with Crippen molar-refractivity contribution in [1.82, 2.24) is 14.6 Å². The standard InChI is InChI=1S/C22H25N3O4S/c1-15-16(2)24-20-8-7-17(13-19(15)20)22(26)23-14-18-5-3-4-6-21(18)30(27,28)25-9-11-29-12-10-25/h3-8,13,24H,9-12,14H2,1-2H3,(H,23,26). The third kappa shape index (κ3) is 3.86. The maximum atomic E-state index is 13.1. The van der Waals surface area contributed by atoms with Crippen molar-refractivity contribution in [2.24, 2.45) is 0 Å². The summed E-state index contributed by atoms with van der Waals surface area (Å²) in [6.45, 7) is 5.58. The van der Waals surface area contributed by atoms with E-state index in [1.165, 1.54) is 4.31 Å². The molecule has 1 aliphatic rings. The van der Waals surface area contributed by atoms with Crippen LogP contribution in [0.15, 0.2) is 47.4 Å². The molecule has 1 aliphatic heterocycles. The summed E-state index contributed by atoms with van der Waals surface area (Å²) in [7, 11) is -3.64. The van der Waals surface area contributed by atoms with E-state index in [4.69, 9.17) is 4.74 Å². The molecule has 30 heavy (non-hydrogen) atoms. The van der Waals surface area contributed by atoms with E-state index < -0.39 is 10.0 Å². The van der Waals surface area contributed by atoms with E-state index in [0.717, 1.165) is 22.2 Å². The van der Waals surface area contributed by atoms with Gasteiger partial charge in [-0.15, -0.1) is 0 Å². The molecule has 7 nitrogen and oxygen atoms in total. The Labute approximate surface area is 176 Å². The van der Waals surface area contributed by atoms with Crippen LogP contribution in [0.2, 0.25) is 0 Å². The number of hydrogen-bond acceptors (Lipinski definition) is 4. The second-order valence-electron chi connectivity index (χ2n) is 7.44. The van der Waals surface area contributed by atoms with Gasteiger partial charge in [0, 0.05) is 41.8 Å². The van der Waals surface area contributed by atoms with E-state index in [9.17, 15) is 13.2 Å². The normalized spacial score (nSPS) is 15.4. The summed E-state index contributed by atoms with van der Waals surface area (Å²) in [5, 5.41) is 3.87. The number of aromatic nitrogens is 1. The van der Waals surface area contributed by atoms with Gasteiger partial charge in [-0.25, -0.2) is 8.42 Å². The van der Waals surface area contributed by atoms with E-state index in [2.05, 4.69) is 10.3 Å². The van der Waals surface area contributed by atoms with Gasteiger partial charge < -0.3 is 15.0 Å². The van der Waals surface area contributed by atoms with Crippen molar-refractivity contribution in [3.8, 4) is 0 Å². The first-order chi connectivity index (χ1) is 14.4. The lowest BCUT2D eigenvalue weighted by atomic mass is 10.1. The molecule has 0 atom stereocenters. The Morgan fingerprint density at radius 3 is 2.63 bits per heavy atom. The minimum Gasteiger partial charge on any atom is -0.379 e. The van der Waals surface area contributed by atoms with Gasteiger partial charge in [0.15, 0.2) is 0 Å². The first-order valence-corrected chi connectivity index (χ1v) is 11.3. The van der Waals surface area contributed by atoms with Crippen LogP contribution in [0, 0.1) is 13.8 Å². The zero-order valence-corrected chi connectivity index (χ0v) is 17.9. The highest BCUT2D eigenvalue weighted by molar-refractivity contribution is 7.89. The highest BCUT2D eigenvalue weighted by Crippen LogP contribution is 2.23. The lowest BCUT2D eigenvalue weighted by Gasteiger charge is -2.27. The molecule has 8 heteroatoms. The van der Waals surface area contributed by atoms with Crippen molar-refractivity contribution in [2.75, 3.05) is 26.3 Å². The van der Waals surface area contributed by atoms with Crippen LogP contribution < -0.4 is 5.32 Å². The zero-order valence-electron chi connectivity index (χ0n) is 17.1. The van der Waals surface area contributed by atoms with Crippen LogP contribution in [-0.2, 0) is 21.3 Å². The molecule has 1 saturated heterocycles. The number of carbonyl (C=O) groups is 1. The molecule has 0 aliphatic carbocycles. The number of fused-ring (bicyclic) bond motifs is 1. The number of rotatable bonds is 5. The van der Waals surface area contributed by atoms with Gasteiger partial charge in [0.1, 0.15) is 0 Å². The van der Waals surface area contributed by atoms with Crippen molar-refractivity contribution >= 4 is 26.8 Å². The smallest absolute Gasteiger partial charge is 0.251 e. The summed E-state index contributed by atoms with van der Waals surface area (Å²) >= 11 is 0. The zero-order chi connectivity index (χ0) is 21.3. The highest BCUT2D eigenvalue weighted by Gasteiger charge is 2.28. The van der Waals surface area contributed by atoms with Crippen LogP contribution >= 0.6 is 0 Å². The van der Waals surface area contributed by atoms with E-state index in [-0.39, 0.29) is 17.3 Å². The molecular weight excluding hydrogens is 402 g/mol. The van der Waals surface area contributed by atoms with Gasteiger partial charge in [0.05, 0.1) is 18.1 Å². The fraction of sp³-hybridized carbons (Fsp3) is 0.318. The van der Waals surface area contributed by atoms with Gasteiger partial charge in [0.2, 0.25) is 10.0 Å². The molecule has 2 aromatic carbocycles. The van der Waals surface area contributed by atoms with Crippen LogP contribution in [0.5, 0.6) is 0 Å². The molecule has 158 valence electrons. The highest BCUT2D eigenvalue weighted by atomic mass is 32.2. The summed E-state index contributed by atoms with van der Waals surface area (Å²) in [6.07, 6.45) is 0. The average Bonchev–Trinajstić information content (AvgIpc) is 3.06. The van der Waals surface area contributed by atoms with Gasteiger partial charge in [-0.3, -0.25) is 4.79 Å². The molecule has 0 saturated carbocycles. The number of H-pyrrole nitrogens is 1. The third-order valence-corrected chi connectivity index (χ3v) is 7.57. The molecule has 0 unspecified atom stereocenters. The quantitative estimate of drug-likeness (QED) is 0.655. The minimum absolute atomic E-state index is 0.127. The van der Waals surface area contributed by atoms with Gasteiger partial charge in [-0.2, -0.15) is 4.31 Å². The summed E-state index contributed by atoms with van der Waals surface area (Å²) in [5.74, 6) is -0.242. The first-order valence-electron chi connectivity index (χ1n) is 9.91. The molecule has 1 aromatic heterocycles. The Morgan fingerprint density at radius 1 is 1.13 bits per heavy atom. The van der Waals surface area contributed by atoms with E-state index in [1.54, 1.807) is 30.3 Å². The monoisotopic (exact) mass is 427 g/mol. The number of amides is 1. The van der Waals surface area contributed by atoms with Crippen molar-refractivity contribution in [1.29, 1.82) is 0 Å². The van der Waals surface area contributed by atoms with Gasteiger partial charge >= 0.3 is 0 Å². The predicted octanol–water partition coefficient (Wildman–Crippen LogP) is 2.74. The number of nitrogens with zero attached hydrogens (tertiary/aromatic N) is 1. The molecule has 2 heterocycles. The third-order valence-electron chi connectivity index (χ3n) is 5.57. The number of nitrogens with one attached hydrogen (secondary N) is 2. The lowest BCUT2D eigenvalue weighted by molar-refractivity contribution is 0.0730. The molecule has 2 N–H and O–H groups in total. The second-order valence-corrected chi connectivity index (χ2v) is 9.35. The van der Waals surface area contributed by atoms with Crippen LogP contribution in [0.4, 0.5) is 0 Å². The first kappa shape index (κ1) is 20.6. The van der Waals surface area contributed by atoms with Crippen LogP contribution in [0.1, 0.15) is 27.2 Å². The van der Waals surface area contributed by atoms with E-state index in [0.29, 0.717) is 37.4 Å². The average molecular weight is 428 g/mol. The van der Waals surface area contributed by atoms with Crippen LogP contribution in [-0.4, -0.2) is 49.9 Å². The SMILES string of the molecule is Cc1[nH]c2ccc(C(=O)NCc3ccccc3S(=O)(=O)N3CCOCC3)cc2c1C. The van der Waals surface area contributed by atoms with Gasteiger partial charge in [0.25, 0.3) is 5.91 Å². The maximum Gasteiger partial charge on any atom is 0.251 e. The van der Waals surface area contributed by atoms with Gasteiger partial charge in [-0.1, -0.05) is 18.2 Å². The number of carbonyl (C=O) groups excluding carboxylic acids is 1. The number of benzene rings is 2. The summed E-state index contributed by atoms with van der Waals surface area (Å²) in [4.78, 5) is 16.3. The molecule has 1 fully saturated rings. The second kappa shape index (κ2) is 8.22. The van der Waals surface area contributed by atoms with Crippen molar-refractivity contribution < 1.29 is 17.9 Å². The molecule has 4 rings (SSSR count). The van der Waals surface area contributed by atoms with Gasteiger partial charge in [-0.05, 0) is 49.2 Å². The van der Waals surface area contributed by atoms with Crippen molar-refractivity contribution in [3.05, 3.63) is 64.8 Å². The number of aromatic amines is 1. The van der Waals surface area contributed by atoms with E-state index >= 15 is 0 Å². The number of aryl methyl sites for hydroxylation is 2. The summed E-state index contributed by atoms with van der Waals surface area (Å²) in [6, 6.07) is 12.3. The molecule has 1 amide bonds. The number of sulfonamides is 1. The Kier molecular flexibility index (Phi) is 5.64. The number of ether oxygens (including phenoxy) is 1. The molecule has 0 radical (unpaired) electrons. The number of morpholine rings is 1. The fourth-order valence-corrected chi connectivity index (χ4v) is 5.34. The van der Waals surface area contributed by atoms with E-state index in [1.807, 2.05) is 26.0 Å². The maximum absolute atomic E-state index is 13.1. The van der Waals surface area contributed by atoms with Crippen molar-refractivity contribution in [2.45, 2.75) is 25.3 Å².